The third-order valence-corrected chi connectivity index (χ3v) is 21.5. The summed E-state index contributed by atoms with van der Waals surface area (Å²) in [5.41, 5.74) is 28.9. The molecule has 0 spiro atoms. The van der Waals surface area contributed by atoms with Crippen LogP contribution in [0.2, 0.25) is 0 Å². The molecule has 17 amide bonds. The Morgan fingerprint density at radius 2 is 0.617 bits per heavy atom. The van der Waals surface area contributed by atoms with Crippen LogP contribution in [0.1, 0.15) is 198 Å². The first-order valence-electron chi connectivity index (χ1n) is 43.7. The molecule has 0 bridgehead atoms. The number of carboxylic acid groups (broad SMARTS) is 1. The molecule has 0 unspecified atom stereocenters. The quantitative estimate of drug-likeness (QED) is 0.0270. The molecule has 20 atom stereocenters. The van der Waals surface area contributed by atoms with Crippen LogP contribution in [0.15, 0.2) is 24.3 Å². The van der Waals surface area contributed by atoms with Crippen molar-refractivity contribution in [2.45, 2.75) is 302 Å². The third-order valence-electron chi connectivity index (χ3n) is 21.5. The number of carbonyl (C=O) groups is 18. The zero-order chi connectivity index (χ0) is 97.4. The number of hydrogen-bond donors (Lipinski definition) is 27. The van der Waals surface area contributed by atoms with Crippen LogP contribution >= 0.6 is 0 Å². The van der Waals surface area contributed by atoms with Gasteiger partial charge in [0.15, 0.2) is 0 Å². The van der Waals surface area contributed by atoms with Crippen LogP contribution in [0, 0.1) is 29.6 Å². The highest BCUT2D eigenvalue weighted by Crippen LogP contribution is 2.18. The summed E-state index contributed by atoms with van der Waals surface area (Å²) in [6.45, 7) is 17.0. The second-order valence-electron chi connectivity index (χ2n) is 32.9. The van der Waals surface area contributed by atoms with Crippen LogP contribution < -0.4 is 114 Å². The lowest BCUT2D eigenvalue weighted by Crippen LogP contribution is -2.63. The monoisotopic (exact) mass is 1820 g/mol. The number of primary amides is 1. The van der Waals surface area contributed by atoms with E-state index in [1.54, 1.807) is 34.6 Å². The maximum atomic E-state index is 14.5. The summed E-state index contributed by atoms with van der Waals surface area (Å²) in [5.74, 6) is -22.1. The van der Waals surface area contributed by atoms with E-state index in [1.807, 2.05) is 0 Å². The minimum atomic E-state index is -1.88. The summed E-state index contributed by atoms with van der Waals surface area (Å²) in [6, 6.07) is -17.9. The molecule has 1 rings (SSSR count). The van der Waals surface area contributed by atoms with Gasteiger partial charge in [-0.05, 0) is 164 Å². The molecule has 0 saturated heterocycles. The van der Waals surface area contributed by atoms with E-state index in [-0.39, 0.29) is 83.2 Å². The predicted octanol–water partition coefficient (Wildman–Crippen LogP) is -6.98. The van der Waals surface area contributed by atoms with E-state index in [0.29, 0.717) is 57.1 Å². The van der Waals surface area contributed by atoms with Gasteiger partial charge in [-0.25, -0.2) is 4.79 Å². The Morgan fingerprint density at radius 1 is 0.336 bits per heavy atom. The summed E-state index contributed by atoms with van der Waals surface area (Å²) >= 11 is 0. The number of unbranched alkanes of at least 4 members (excludes halogenated alkanes) is 4. The average Bonchev–Trinajstić information content (AvgIpc) is 0.841. The molecule has 0 fully saturated rings. The number of amides is 17. The van der Waals surface area contributed by atoms with Crippen molar-refractivity contribution < 1.29 is 117 Å². The number of carboxylic acids is 1. The van der Waals surface area contributed by atoms with Crippen molar-refractivity contribution in [3.8, 4) is 5.75 Å². The highest BCUT2D eigenvalue weighted by atomic mass is 16.4. The molecule has 0 aliphatic carbocycles. The summed E-state index contributed by atoms with van der Waals surface area (Å²) < 4.78 is 0. The number of aliphatic hydroxyl groups excluding tert-OH is 4. The molecule has 726 valence electrons. The lowest BCUT2D eigenvalue weighted by atomic mass is 9.96. The molecule has 0 radical (unpaired) electrons. The van der Waals surface area contributed by atoms with Gasteiger partial charge in [-0.2, -0.15) is 0 Å². The van der Waals surface area contributed by atoms with Crippen molar-refractivity contribution >= 4 is 106 Å². The SMILES string of the molecule is CC[C@H](C)[C@H](NC(=O)[C@H](CO)NC(=O)[C@@H](NC(=O)[C@@H](NC(=O)[C@@H](NC(=O)[C@H](CCCCN)NC(=O)[C@H](CCCCN)NC(=O)CNC(=O)[C@H](CC(N)=O)NC(=O)[C@@H](NC(=O)[C@H](CO)NC(=O)[C@@H](NC(=O)[C@@H](NC(=O)[C@H](Cc1ccc(O)cc1)NC(=O)[C@H](CCCCN)NC(=O)[C@H](CCCCN)NC(C)=O)[C@@H](C)O)C(C)C)[C@@H](C)CC)[C@@H](C)CC)[C@@H](C)O)C(C)C)C(=O)O. The van der Waals surface area contributed by atoms with Crippen LogP contribution in [0.4, 0.5) is 0 Å². The first-order valence-corrected chi connectivity index (χ1v) is 43.7. The van der Waals surface area contributed by atoms with E-state index in [0.717, 1.165) is 13.8 Å². The number of nitrogens with two attached hydrogens (primary N) is 5. The summed E-state index contributed by atoms with van der Waals surface area (Å²) in [5, 5.41) is 102. The molecule has 0 saturated carbocycles. The van der Waals surface area contributed by atoms with Gasteiger partial charge in [-0.15, -0.1) is 0 Å². The molecule has 45 heteroatoms. The van der Waals surface area contributed by atoms with E-state index >= 15 is 0 Å². The molecular formula is C83H145N21O24. The fourth-order valence-electron chi connectivity index (χ4n) is 13.0. The smallest absolute Gasteiger partial charge is 0.326 e. The number of benzene rings is 1. The van der Waals surface area contributed by atoms with Crippen molar-refractivity contribution in [2.75, 3.05) is 45.9 Å². The molecule has 0 aliphatic rings. The van der Waals surface area contributed by atoms with Crippen molar-refractivity contribution in [1.82, 2.24) is 85.1 Å². The molecule has 1 aromatic rings. The highest BCUT2D eigenvalue weighted by Gasteiger charge is 2.42. The molecule has 1 aromatic carbocycles. The van der Waals surface area contributed by atoms with E-state index in [2.05, 4.69) is 85.1 Å². The molecule has 0 aromatic heterocycles. The van der Waals surface area contributed by atoms with Gasteiger partial charge >= 0.3 is 5.97 Å². The summed E-state index contributed by atoms with van der Waals surface area (Å²) in [6.07, 6.45) is -0.928. The lowest BCUT2D eigenvalue weighted by molar-refractivity contribution is -0.144. The van der Waals surface area contributed by atoms with Gasteiger partial charge in [0, 0.05) is 13.3 Å². The predicted molar refractivity (Wildman–Crippen MR) is 468 cm³/mol. The Hall–Kier alpha value is -10.8. The normalized spacial score (nSPS) is 16.0. The molecule has 0 aliphatic heterocycles. The van der Waals surface area contributed by atoms with Crippen molar-refractivity contribution in [3.05, 3.63) is 29.8 Å². The van der Waals surface area contributed by atoms with E-state index < -0.39 is 265 Å². The van der Waals surface area contributed by atoms with Crippen LogP contribution in [0.25, 0.3) is 0 Å². The third kappa shape index (κ3) is 41.5. The van der Waals surface area contributed by atoms with Gasteiger partial charge in [-0.3, -0.25) is 81.5 Å². The van der Waals surface area contributed by atoms with Crippen LogP contribution in [0.3, 0.4) is 0 Å². The summed E-state index contributed by atoms with van der Waals surface area (Å²) in [7, 11) is 0. The first kappa shape index (κ1) is 115. The van der Waals surface area contributed by atoms with Gasteiger partial charge in [0.1, 0.15) is 96.4 Å². The highest BCUT2D eigenvalue weighted by molar-refractivity contribution is 6.01. The average molecular weight is 1820 g/mol. The number of aromatic hydroxyl groups is 1. The van der Waals surface area contributed by atoms with E-state index in [9.17, 15) is 117 Å². The molecule has 0 heterocycles. The minimum Gasteiger partial charge on any atom is -0.508 e. The minimum absolute atomic E-state index is 0.0234. The standard InChI is InChI=1S/C83H145N21O24/c1-14-44(8)64(101-75(119)58(40-105)96-77(121)62(42(4)5)98-81(125)67(47(11)107)103-74(118)56(37-50-29-31-51(110)32-30-50)94-72(116)54(27-19-23-35-86)92-70(114)52(90-49(13)109)25-17-21-33-84)79(123)95-57(38-60(88)111)69(113)89-39-61(112)91-53(26-18-22-34-85)71(115)93-55(28-20-24-36-87)73(117)100-65(45(9)15-2)80(124)104-68(48(12)108)82(126)99-63(43(6)7)78(122)97-59(41-106)76(120)102-66(83(127)128)46(10)16-3/h29-32,42-48,52-59,62-68,105-108,110H,14-28,33-41,84-87H2,1-13H3,(H2,88,111)(H,89,113)(H,90,109)(H,91,112)(H,92,114)(H,93,115)(H,94,116)(H,95,123)(H,96,121)(H,97,122)(H,98,125)(H,99,126)(H,100,117)(H,101,119)(H,102,120)(H,103,118)(H,104,124)(H,127,128)/t44-,45-,46-,47+,48+,52-,53-,54-,55-,56-,57-,58-,59-,62-,63-,64-,65-,66-,67-,68-/m0/s1. The largest absolute Gasteiger partial charge is 0.508 e. The number of nitrogens with one attached hydrogen (secondary N) is 16. The van der Waals surface area contributed by atoms with Crippen LogP contribution in [-0.4, -0.2) is 286 Å². The second kappa shape index (κ2) is 60.8. The number of phenolic OH excluding ortho intramolecular Hbond substituents is 1. The van der Waals surface area contributed by atoms with Gasteiger partial charge in [-0.1, -0.05) is 101 Å². The fraction of sp³-hybridized carbons (Fsp3) is 0.711. The van der Waals surface area contributed by atoms with E-state index in [1.165, 1.54) is 65.8 Å². The number of hydrogen-bond acceptors (Lipinski definition) is 27. The van der Waals surface area contributed by atoms with E-state index in [4.69, 9.17) is 28.7 Å². The number of aliphatic carboxylic acids is 1. The molecule has 45 nitrogen and oxygen atoms in total. The van der Waals surface area contributed by atoms with Crippen LogP contribution in [0.5, 0.6) is 5.75 Å². The Kier molecular flexibility index (Phi) is 54.7. The topological polar surface area (TPSA) is 751 Å². The molecular weight excluding hydrogens is 1680 g/mol. The van der Waals surface area contributed by atoms with Gasteiger partial charge in [0.05, 0.1) is 38.4 Å². The Labute approximate surface area is 747 Å². The van der Waals surface area contributed by atoms with Crippen LogP contribution in [-0.2, 0) is 92.7 Å². The molecule has 32 N–H and O–H groups in total. The zero-order valence-corrected chi connectivity index (χ0v) is 75.9. The number of phenols is 1. The zero-order valence-electron chi connectivity index (χ0n) is 75.9. The Bertz CT molecular complexity index is 3770. The lowest BCUT2D eigenvalue weighted by Gasteiger charge is -2.31. The van der Waals surface area contributed by atoms with Gasteiger partial charge in [0.25, 0.3) is 0 Å². The Balaban J connectivity index is 3.53. The number of rotatable bonds is 64. The number of aliphatic hydroxyl groups is 4. The first-order chi connectivity index (χ1) is 60.3. The van der Waals surface area contributed by atoms with Crippen molar-refractivity contribution in [3.63, 3.8) is 0 Å². The number of carbonyl (C=O) groups excluding carboxylic acids is 17. The maximum absolute atomic E-state index is 14.5. The second-order valence-corrected chi connectivity index (χ2v) is 32.9. The Morgan fingerprint density at radius 3 is 0.961 bits per heavy atom. The van der Waals surface area contributed by atoms with Crippen molar-refractivity contribution in [1.29, 1.82) is 0 Å². The fourth-order valence-corrected chi connectivity index (χ4v) is 13.0. The van der Waals surface area contributed by atoms with Gasteiger partial charge < -0.3 is 144 Å². The molecule has 128 heavy (non-hydrogen) atoms. The summed E-state index contributed by atoms with van der Waals surface area (Å²) in [4.78, 5) is 248. The maximum Gasteiger partial charge on any atom is 0.326 e. The van der Waals surface area contributed by atoms with Crippen molar-refractivity contribution in [2.24, 2.45) is 58.3 Å². The van der Waals surface area contributed by atoms with Gasteiger partial charge in [0.2, 0.25) is 100 Å².